The molecular formula is C18H26N2O6. The van der Waals surface area contributed by atoms with Crippen LogP contribution in [0, 0.1) is 5.41 Å². The van der Waals surface area contributed by atoms with Crippen LogP contribution in [0.15, 0.2) is 30.3 Å². The zero-order chi connectivity index (χ0) is 20.2. The van der Waals surface area contributed by atoms with Crippen LogP contribution in [0.3, 0.4) is 0 Å². The molecule has 0 spiro atoms. The van der Waals surface area contributed by atoms with E-state index in [4.69, 9.17) is 20.9 Å². The Morgan fingerprint density at radius 1 is 1.04 bits per heavy atom. The number of carboxylic acids is 1. The maximum atomic E-state index is 12.6. The molecule has 0 amide bonds. The molecule has 144 valence electrons. The minimum Gasteiger partial charge on any atom is -0.479 e. The number of nitrogens with two attached hydrogens (primary N) is 2. The quantitative estimate of drug-likeness (QED) is 0.475. The molecule has 0 saturated heterocycles. The average molecular weight is 366 g/mol. The molecule has 26 heavy (non-hydrogen) atoms. The normalized spacial score (nSPS) is 16.1. The van der Waals surface area contributed by atoms with Gasteiger partial charge in [-0.15, -0.1) is 0 Å². The highest BCUT2D eigenvalue weighted by atomic mass is 16.6. The van der Waals surface area contributed by atoms with Gasteiger partial charge in [0.05, 0.1) is 0 Å². The van der Waals surface area contributed by atoms with Crippen LogP contribution in [0.25, 0.3) is 0 Å². The van der Waals surface area contributed by atoms with Crippen molar-refractivity contribution < 1.29 is 29.0 Å². The number of carbonyl (C=O) groups excluding carboxylic acids is 2. The lowest BCUT2D eigenvalue weighted by Crippen LogP contribution is -2.71. The molecule has 5 N–H and O–H groups in total. The van der Waals surface area contributed by atoms with E-state index in [9.17, 15) is 19.5 Å². The maximum absolute atomic E-state index is 12.6. The number of benzene rings is 1. The van der Waals surface area contributed by atoms with Crippen LogP contribution in [0.5, 0.6) is 0 Å². The van der Waals surface area contributed by atoms with Crippen molar-refractivity contribution in [2.24, 2.45) is 16.9 Å². The molecule has 0 aromatic heterocycles. The molecule has 1 aromatic carbocycles. The van der Waals surface area contributed by atoms with Crippen LogP contribution in [-0.4, -0.2) is 40.7 Å². The van der Waals surface area contributed by atoms with Gasteiger partial charge in [-0.3, -0.25) is 4.79 Å². The summed E-state index contributed by atoms with van der Waals surface area (Å²) in [4.78, 5) is 37.0. The van der Waals surface area contributed by atoms with Gasteiger partial charge in [0.15, 0.2) is 0 Å². The molecule has 1 aromatic rings. The first-order valence-electron chi connectivity index (χ1n) is 8.05. The van der Waals surface area contributed by atoms with Crippen molar-refractivity contribution in [2.45, 2.75) is 45.4 Å². The SMILES string of the molecule is CC(C)(C)OC(=O)C(C)(CN)C(N)(C(=O)O)C(=O)OCc1ccccc1. The topological polar surface area (TPSA) is 142 Å². The third-order valence-electron chi connectivity index (χ3n) is 4.00. The Balaban J connectivity index is 3.16. The Labute approximate surface area is 152 Å². The Hall–Kier alpha value is -2.45. The van der Waals surface area contributed by atoms with Gasteiger partial charge in [0.1, 0.15) is 17.6 Å². The number of aliphatic carboxylic acids is 1. The van der Waals surface area contributed by atoms with Crippen LogP contribution in [-0.2, 0) is 30.5 Å². The van der Waals surface area contributed by atoms with E-state index in [1.807, 2.05) is 0 Å². The van der Waals surface area contributed by atoms with Crippen LogP contribution >= 0.6 is 0 Å². The predicted molar refractivity (Wildman–Crippen MR) is 93.8 cm³/mol. The van der Waals surface area contributed by atoms with Crippen molar-refractivity contribution in [3.05, 3.63) is 35.9 Å². The summed E-state index contributed by atoms with van der Waals surface area (Å²) in [5.41, 5.74) is 6.53. The molecular weight excluding hydrogens is 340 g/mol. The number of carbonyl (C=O) groups is 3. The van der Waals surface area contributed by atoms with E-state index in [1.54, 1.807) is 51.1 Å². The van der Waals surface area contributed by atoms with Crippen LogP contribution in [0.4, 0.5) is 0 Å². The molecule has 0 aliphatic heterocycles. The lowest BCUT2D eigenvalue weighted by Gasteiger charge is -2.39. The first-order valence-corrected chi connectivity index (χ1v) is 8.05. The fraction of sp³-hybridized carbons (Fsp3) is 0.500. The van der Waals surface area contributed by atoms with Crippen molar-refractivity contribution in [2.75, 3.05) is 6.54 Å². The van der Waals surface area contributed by atoms with Crippen molar-refractivity contribution in [3.63, 3.8) is 0 Å². The fourth-order valence-electron chi connectivity index (χ4n) is 2.18. The highest BCUT2D eigenvalue weighted by Crippen LogP contribution is 2.33. The number of ether oxygens (including phenoxy) is 2. The molecule has 0 heterocycles. The van der Waals surface area contributed by atoms with E-state index in [0.717, 1.165) is 0 Å². The van der Waals surface area contributed by atoms with Crippen molar-refractivity contribution >= 4 is 17.9 Å². The molecule has 2 atom stereocenters. The summed E-state index contributed by atoms with van der Waals surface area (Å²) >= 11 is 0. The molecule has 2 unspecified atom stereocenters. The van der Waals surface area contributed by atoms with Gasteiger partial charge >= 0.3 is 17.9 Å². The number of esters is 2. The number of hydrogen-bond acceptors (Lipinski definition) is 7. The van der Waals surface area contributed by atoms with Crippen LogP contribution in [0.2, 0.25) is 0 Å². The average Bonchev–Trinajstić information content (AvgIpc) is 2.57. The van der Waals surface area contributed by atoms with Gasteiger partial charge in [0.25, 0.3) is 0 Å². The van der Waals surface area contributed by atoms with Gasteiger partial charge in [0.2, 0.25) is 5.54 Å². The summed E-state index contributed by atoms with van der Waals surface area (Å²) in [7, 11) is 0. The van der Waals surface area contributed by atoms with E-state index >= 15 is 0 Å². The van der Waals surface area contributed by atoms with Crippen molar-refractivity contribution in [1.82, 2.24) is 0 Å². The zero-order valence-electron chi connectivity index (χ0n) is 15.4. The van der Waals surface area contributed by atoms with E-state index in [0.29, 0.717) is 5.56 Å². The third kappa shape index (κ3) is 4.39. The molecule has 0 aliphatic rings. The minimum absolute atomic E-state index is 0.194. The summed E-state index contributed by atoms with van der Waals surface area (Å²) in [5.74, 6) is -3.99. The van der Waals surface area contributed by atoms with Gasteiger partial charge in [-0.25, -0.2) is 9.59 Å². The number of hydrogen-bond donors (Lipinski definition) is 3. The molecule has 0 fully saturated rings. The maximum Gasteiger partial charge on any atom is 0.339 e. The standard InChI is InChI=1S/C18H26N2O6/c1-16(2,3)26-14(23)17(4,11-19)18(20,13(21)22)15(24)25-10-12-8-6-5-7-9-12/h5-9H,10-11,19-20H2,1-4H3,(H,21,22). The summed E-state index contributed by atoms with van der Waals surface area (Å²) in [6.07, 6.45) is 0. The first-order chi connectivity index (χ1) is 11.9. The Morgan fingerprint density at radius 2 is 1.58 bits per heavy atom. The Bertz CT molecular complexity index is 670. The molecule has 0 saturated carbocycles. The highest BCUT2D eigenvalue weighted by Gasteiger charge is 2.63. The summed E-state index contributed by atoms with van der Waals surface area (Å²) < 4.78 is 10.3. The van der Waals surface area contributed by atoms with Gasteiger partial charge < -0.3 is 26.0 Å². The molecule has 8 nitrogen and oxygen atoms in total. The monoisotopic (exact) mass is 366 g/mol. The fourth-order valence-corrected chi connectivity index (χ4v) is 2.18. The summed E-state index contributed by atoms with van der Waals surface area (Å²) in [6, 6.07) is 8.65. The van der Waals surface area contributed by atoms with Crippen molar-refractivity contribution in [1.29, 1.82) is 0 Å². The Morgan fingerprint density at radius 3 is 2.00 bits per heavy atom. The Kier molecular flexibility index (Phi) is 6.51. The number of carboxylic acid groups (broad SMARTS) is 1. The van der Waals surface area contributed by atoms with Crippen LogP contribution in [0.1, 0.15) is 33.3 Å². The predicted octanol–water partition coefficient (Wildman–Crippen LogP) is 0.819. The van der Waals surface area contributed by atoms with E-state index in [-0.39, 0.29) is 6.61 Å². The van der Waals surface area contributed by atoms with Crippen LogP contribution < -0.4 is 11.5 Å². The second kappa shape index (κ2) is 7.84. The van der Waals surface area contributed by atoms with Gasteiger partial charge in [-0.2, -0.15) is 0 Å². The number of rotatable bonds is 7. The van der Waals surface area contributed by atoms with Gasteiger partial charge in [0, 0.05) is 6.54 Å². The van der Waals surface area contributed by atoms with Gasteiger partial charge in [-0.05, 0) is 33.3 Å². The van der Waals surface area contributed by atoms with E-state index in [1.165, 1.54) is 6.92 Å². The highest BCUT2D eigenvalue weighted by molar-refractivity contribution is 6.09. The molecule has 0 bridgehead atoms. The zero-order valence-corrected chi connectivity index (χ0v) is 15.4. The van der Waals surface area contributed by atoms with Crippen molar-refractivity contribution in [3.8, 4) is 0 Å². The van der Waals surface area contributed by atoms with Gasteiger partial charge in [-0.1, -0.05) is 30.3 Å². The molecule has 0 aliphatic carbocycles. The lowest BCUT2D eigenvalue weighted by molar-refractivity contribution is -0.185. The molecule has 8 heteroatoms. The third-order valence-corrected chi connectivity index (χ3v) is 4.00. The second-order valence-electron chi connectivity index (χ2n) is 7.21. The summed E-state index contributed by atoms with van der Waals surface area (Å²) in [6.45, 7) is 5.28. The van der Waals surface area contributed by atoms with E-state index in [2.05, 4.69) is 0 Å². The summed E-state index contributed by atoms with van der Waals surface area (Å²) in [5, 5.41) is 9.62. The largest absolute Gasteiger partial charge is 0.479 e. The van der Waals surface area contributed by atoms with E-state index < -0.39 is 41.0 Å². The lowest BCUT2D eigenvalue weighted by atomic mass is 9.70. The molecule has 1 rings (SSSR count). The second-order valence-corrected chi connectivity index (χ2v) is 7.21. The molecule has 0 radical (unpaired) electrons. The smallest absolute Gasteiger partial charge is 0.339 e. The minimum atomic E-state index is -2.71. The first kappa shape index (κ1) is 21.6.